The Bertz CT molecular complexity index is 411. The van der Waals surface area contributed by atoms with Crippen molar-refractivity contribution in [2.75, 3.05) is 20.8 Å². The number of methoxy groups -OCH3 is 2. The van der Waals surface area contributed by atoms with Crippen LogP contribution in [0.4, 0.5) is 0 Å². The summed E-state index contributed by atoms with van der Waals surface area (Å²) in [6.07, 6.45) is 4.80. The zero-order chi connectivity index (χ0) is 13.5. The zero-order valence-electron chi connectivity index (χ0n) is 10.3. The third-order valence-corrected chi connectivity index (χ3v) is 2.50. The number of esters is 2. The summed E-state index contributed by atoms with van der Waals surface area (Å²) in [4.78, 5) is 35.4. The molecule has 6 nitrogen and oxygen atoms in total. The topological polar surface area (TPSA) is 72.9 Å². The van der Waals surface area contributed by atoms with E-state index >= 15 is 0 Å². The Kier molecular flexibility index (Phi) is 5.10. The van der Waals surface area contributed by atoms with Crippen molar-refractivity contribution in [3.8, 4) is 0 Å². The first kappa shape index (κ1) is 14.0. The Morgan fingerprint density at radius 3 is 2.39 bits per heavy atom. The molecule has 6 heteroatoms. The van der Waals surface area contributed by atoms with Gasteiger partial charge in [-0.3, -0.25) is 4.79 Å². The molecular formula is C12H15NO5. The second-order valence-corrected chi connectivity index (χ2v) is 3.63. The molecule has 0 radical (unpaired) electrons. The van der Waals surface area contributed by atoms with Crippen LogP contribution < -0.4 is 0 Å². The minimum atomic E-state index is -0.680. The van der Waals surface area contributed by atoms with E-state index in [1.54, 1.807) is 6.08 Å². The molecule has 0 bridgehead atoms. The lowest BCUT2D eigenvalue weighted by molar-refractivity contribution is -0.139. The summed E-state index contributed by atoms with van der Waals surface area (Å²) in [5.74, 6) is -1.31. The number of amides is 1. The molecular weight excluding hydrogens is 238 g/mol. The van der Waals surface area contributed by atoms with Gasteiger partial charge in [0.2, 0.25) is 6.41 Å². The summed E-state index contributed by atoms with van der Waals surface area (Å²) in [5.41, 5.74) is 0.145. The summed E-state index contributed by atoms with van der Waals surface area (Å²) < 4.78 is 9.22. The van der Waals surface area contributed by atoms with Crippen LogP contribution in [0.25, 0.3) is 0 Å². The monoisotopic (exact) mass is 253 g/mol. The maximum atomic E-state index is 11.6. The molecule has 0 aromatic rings. The molecule has 0 aliphatic carbocycles. The lowest BCUT2D eigenvalue weighted by Gasteiger charge is -2.17. The van der Waals surface area contributed by atoms with E-state index < -0.39 is 11.9 Å². The standard InChI is InChI=1S/C12H15NO5/c1-17-11(15)9-5-3-4-6-13(8-14)7-10(9)12(16)18-2/h5,7-8H,3-4,6H2,1-2H3/b9-5+,10-7+. The van der Waals surface area contributed by atoms with Crippen LogP contribution in [0.2, 0.25) is 0 Å². The molecule has 1 aliphatic rings. The number of carbonyl (C=O) groups excluding carboxylic acids is 3. The van der Waals surface area contributed by atoms with Crippen molar-refractivity contribution in [1.82, 2.24) is 4.90 Å². The second-order valence-electron chi connectivity index (χ2n) is 3.63. The number of allylic oxidation sites excluding steroid dienone is 1. The van der Waals surface area contributed by atoms with E-state index in [2.05, 4.69) is 9.47 Å². The first-order chi connectivity index (χ1) is 8.63. The largest absolute Gasteiger partial charge is 0.465 e. The fraction of sp³-hybridized carbons (Fsp3) is 0.417. The van der Waals surface area contributed by atoms with Crippen molar-refractivity contribution in [1.29, 1.82) is 0 Å². The summed E-state index contributed by atoms with van der Waals surface area (Å²) in [6, 6.07) is 0. The molecule has 1 rings (SSSR count). The molecule has 98 valence electrons. The average Bonchev–Trinajstić information content (AvgIpc) is 2.37. The number of carbonyl (C=O) groups is 3. The predicted molar refractivity (Wildman–Crippen MR) is 62.2 cm³/mol. The van der Waals surface area contributed by atoms with Crippen LogP contribution in [0.5, 0.6) is 0 Å². The Labute approximate surface area is 105 Å². The minimum Gasteiger partial charge on any atom is -0.465 e. The SMILES string of the molecule is COC(=O)C1=C/CCCN(C=O)/C=C\1C(=O)OC. The second kappa shape index (κ2) is 6.58. The van der Waals surface area contributed by atoms with Crippen LogP contribution in [-0.4, -0.2) is 44.0 Å². The van der Waals surface area contributed by atoms with E-state index in [-0.39, 0.29) is 11.1 Å². The third-order valence-electron chi connectivity index (χ3n) is 2.50. The fourth-order valence-corrected chi connectivity index (χ4v) is 1.59. The zero-order valence-corrected chi connectivity index (χ0v) is 10.3. The molecule has 1 aliphatic heterocycles. The Hall–Kier alpha value is -2.11. The number of hydrogen-bond donors (Lipinski definition) is 0. The van der Waals surface area contributed by atoms with Crippen LogP contribution in [0.15, 0.2) is 23.4 Å². The maximum absolute atomic E-state index is 11.6. The molecule has 18 heavy (non-hydrogen) atoms. The number of ether oxygens (including phenoxy) is 2. The number of rotatable bonds is 3. The molecule has 1 heterocycles. The van der Waals surface area contributed by atoms with Crippen molar-refractivity contribution >= 4 is 18.3 Å². The molecule has 0 saturated carbocycles. The molecule has 0 atom stereocenters. The van der Waals surface area contributed by atoms with Crippen molar-refractivity contribution < 1.29 is 23.9 Å². The summed E-state index contributed by atoms with van der Waals surface area (Å²) in [7, 11) is 2.44. The highest BCUT2D eigenvalue weighted by Gasteiger charge is 2.24. The molecule has 0 unspecified atom stereocenters. The molecule has 0 aromatic carbocycles. The Morgan fingerprint density at radius 1 is 1.22 bits per heavy atom. The lowest BCUT2D eigenvalue weighted by atomic mass is 10.0. The highest BCUT2D eigenvalue weighted by Crippen LogP contribution is 2.18. The van der Waals surface area contributed by atoms with Crippen LogP contribution in [0, 0.1) is 0 Å². The van der Waals surface area contributed by atoms with Crippen molar-refractivity contribution in [3.05, 3.63) is 23.4 Å². The van der Waals surface area contributed by atoms with Crippen molar-refractivity contribution in [3.63, 3.8) is 0 Å². The maximum Gasteiger partial charge on any atom is 0.340 e. The fourth-order valence-electron chi connectivity index (χ4n) is 1.59. The van der Waals surface area contributed by atoms with Gasteiger partial charge in [0.15, 0.2) is 0 Å². The molecule has 0 fully saturated rings. The van der Waals surface area contributed by atoms with Crippen molar-refractivity contribution in [2.24, 2.45) is 0 Å². The quantitative estimate of drug-likeness (QED) is 0.537. The first-order valence-electron chi connectivity index (χ1n) is 5.44. The van der Waals surface area contributed by atoms with Gasteiger partial charge in [0.05, 0.1) is 25.4 Å². The van der Waals surface area contributed by atoms with Gasteiger partial charge in [-0.2, -0.15) is 0 Å². The van der Waals surface area contributed by atoms with E-state index in [0.717, 1.165) is 0 Å². The van der Waals surface area contributed by atoms with Gasteiger partial charge < -0.3 is 14.4 Å². The smallest absolute Gasteiger partial charge is 0.340 e. The first-order valence-corrected chi connectivity index (χ1v) is 5.44. The summed E-state index contributed by atoms with van der Waals surface area (Å²) in [6.45, 7) is 0.481. The predicted octanol–water partition coefficient (Wildman–Crippen LogP) is 0.395. The van der Waals surface area contributed by atoms with Crippen LogP contribution in [0.3, 0.4) is 0 Å². The highest BCUT2D eigenvalue weighted by atomic mass is 16.5. The van der Waals surface area contributed by atoms with Crippen LogP contribution in [0.1, 0.15) is 12.8 Å². The van der Waals surface area contributed by atoms with E-state index in [4.69, 9.17) is 0 Å². The van der Waals surface area contributed by atoms with E-state index in [9.17, 15) is 14.4 Å². The van der Waals surface area contributed by atoms with Crippen LogP contribution in [-0.2, 0) is 23.9 Å². The van der Waals surface area contributed by atoms with Gasteiger partial charge in [-0.15, -0.1) is 0 Å². The Morgan fingerprint density at radius 2 is 1.83 bits per heavy atom. The third kappa shape index (κ3) is 3.19. The van der Waals surface area contributed by atoms with E-state index in [1.165, 1.54) is 25.3 Å². The molecule has 0 N–H and O–H groups in total. The Balaban J connectivity index is 3.20. The van der Waals surface area contributed by atoms with Gasteiger partial charge in [-0.1, -0.05) is 6.08 Å². The van der Waals surface area contributed by atoms with E-state index in [0.29, 0.717) is 25.8 Å². The number of hydrogen-bond acceptors (Lipinski definition) is 5. The van der Waals surface area contributed by atoms with Crippen LogP contribution >= 0.6 is 0 Å². The van der Waals surface area contributed by atoms with Gasteiger partial charge in [0, 0.05) is 12.7 Å². The lowest BCUT2D eigenvalue weighted by Crippen LogP contribution is -2.23. The average molecular weight is 253 g/mol. The van der Waals surface area contributed by atoms with E-state index in [1.807, 2.05) is 0 Å². The normalized spacial score (nSPS) is 21.6. The van der Waals surface area contributed by atoms with Gasteiger partial charge in [-0.05, 0) is 12.8 Å². The minimum absolute atomic E-state index is 0.0242. The molecule has 1 amide bonds. The van der Waals surface area contributed by atoms with Crippen molar-refractivity contribution in [2.45, 2.75) is 12.8 Å². The molecule has 0 aromatic heterocycles. The molecule has 0 spiro atoms. The van der Waals surface area contributed by atoms with Gasteiger partial charge in [-0.25, -0.2) is 9.59 Å². The van der Waals surface area contributed by atoms with Gasteiger partial charge in [0.25, 0.3) is 0 Å². The highest BCUT2D eigenvalue weighted by molar-refractivity contribution is 6.07. The molecule has 0 saturated heterocycles. The summed E-state index contributed by atoms with van der Waals surface area (Å²) >= 11 is 0. The van der Waals surface area contributed by atoms with Gasteiger partial charge >= 0.3 is 11.9 Å². The summed E-state index contributed by atoms with van der Waals surface area (Å²) in [5, 5.41) is 0. The number of nitrogens with zero attached hydrogens (tertiary/aromatic N) is 1. The van der Waals surface area contributed by atoms with Gasteiger partial charge in [0.1, 0.15) is 0 Å².